The molecule has 0 fully saturated rings. The van der Waals surface area contributed by atoms with Gasteiger partial charge in [0.15, 0.2) is 0 Å². The average molecular weight is 441 g/mol. The second-order valence-corrected chi connectivity index (χ2v) is 9.59. The number of sulfonamides is 1. The van der Waals surface area contributed by atoms with Gasteiger partial charge in [0.1, 0.15) is 17.5 Å². The van der Waals surface area contributed by atoms with Crippen LogP contribution in [0.5, 0.6) is 5.75 Å². The van der Waals surface area contributed by atoms with Crippen molar-refractivity contribution in [3.63, 3.8) is 0 Å². The Morgan fingerprint density at radius 3 is 2.48 bits per heavy atom. The highest BCUT2D eigenvalue weighted by Crippen LogP contribution is 2.41. The lowest BCUT2D eigenvalue weighted by molar-refractivity contribution is -0.0643. The van der Waals surface area contributed by atoms with Gasteiger partial charge in [-0.15, -0.1) is 12.4 Å². The lowest BCUT2D eigenvalue weighted by Gasteiger charge is -2.42. The summed E-state index contributed by atoms with van der Waals surface area (Å²) in [5.41, 5.74) is 1.69. The van der Waals surface area contributed by atoms with E-state index in [2.05, 4.69) is 22.2 Å². The number of aliphatic hydroxyl groups excluding tert-OH is 1. The minimum atomic E-state index is -3.37. The van der Waals surface area contributed by atoms with E-state index >= 15 is 0 Å². The van der Waals surface area contributed by atoms with E-state index < -0.39 is 21.7 Å². The topological polar surface area (TPSA) is 87.7 Å². The first kappa shape index (κ1) is 23.5. The van der Waals surface area contributed by atoms with Crippen LogP contribution in [-0.4, -0.2) is 37.5 Å². The van der Waals surface area contributed by atoms with Crippen molar-refractivity contribution in [2.24, 2.45) is 0 Å². The van der Waals surface area contributed by atoms with E-state index in [4.69, 9.17) is 4.74 Å². The van der Waals surface area contributed by atoms with Gasteiger partial charge in [0.05, 0.1) is 17.5 Å². The van der Waals surface area contributed by atoms with E-state index in [0.29, 0.717) is 18.0 Å². The van der Waals surface area contributed by atoms with Gasteiger partial charge >= 0.3 is 0 Å². The lowest BCUT2D eigenvalue weighted by Crippen LogP contribution is -2.52. The highest BCUT2D eigenvalue weighted by atomic mass is 35.5. The molecule has 1 aliphatic heterocycles. The molecule has 0 saturated carbocycles. The number of benzene rings is 2. The zero-order valence-corrected chi connectivity index (χ0v) is 18.5. The zero-order chi connectivity index (χ0) is 20.4. The van der Waals surface area contributed by atoms with Crippen LogP contribution >= 0.6 is 12.4 Å². The van der Waals surface area contributed by atoms with Crippen LogP contribution in [0.1, 0.15) is 37.9 Å². The molecule has 2 aromatic rings. The summed E-state index contributed by atoms with van der Waals surface area (Å²) in [4.78, 5) is 0. The number of rotatable bonds is 7. The fourth-order valence-corrected chi connectivity index (χ4v) is 3.98. The summed E-state index contributed by atoms with van der Waals surface area (Å²) in [6.45, 7) is 5.94. The van der Waals surface area contributed by atoms with E-state index in [1.165, 1.54) is 5.56 Å². The molecule has 160 valence electrons. The van der Waals surface area contributed by atoms with Crippen LogP contribution in [0.25, 0.3) is 0 Å². The van der Waals surface area contributed by atoms with Crippen LogP contribution in [0.15, 0.2) is 48.5 Å². The summed E-state index contributed by atoms with van der Waals surface area (Å²) in [5, 5.41) is 14.3. The molecule has 0 aliphatic carbocycles. The molecule has 3 N–H and O–H groups in total. The van der Waals surface area contributed by atoms with Gasteiger partial charge in [-0.1, -0.05) is 36.4 Å². The molecule has 2 atom stereocenters. The summed E-state index contributed by atoms with van der Waals surface area (Å²) in [7, 11) is -3.37. The van der Waals surface area contributed by atoms with Gasteiger partial charge in [-0.05, 0) is 45.4 Å². The van der Waals surface area contributed by atoms with Crippen molar-refractivity contribution in [3.05, 3.63) is 59.7 Å². The van der Waals surface area contributed by atoms with Crippen molar-refractivity contribution in [1.82, 2.24) is 5.32 Å². The number of fused-ring (bicyclic) bond motifs is 1. The molecule has 29 heavy (non-hydrogen) atoms. The maximum absolute atomic E-state index is 11.9. The minimum absolute atomic E-state index is 0. The molecule has 0 unspecified atom stereocenters. The second-order valence-electron chi connectivity index (χ2n) is 7.58. The van der Waals surface area contributed by atoms with Crippen molar-refractivity contribution in [1.29, 1.82) is 0 Å². The maximum atomic E-state index is 11.9. The lowest BCUT2D eigenvalue weighted by atomic mass is 9.86. The summed E-state index contributed by atoms with van der Waals surface area (Å²) >= 11 is 0. The summed E-state index contributed by atoms with van der Waals surface area (Å²) < 4.78 is 32.2. The van der Waals surface area contributed by atoms with Gasteiger partial charge in [0.2, 0.25) is 10.0 Å². The van der Waals surface area contributed by atoms with Crippen LogP contribution in [0.2, 0.25) is 0 Å². The molecule has 0 amide bonds. The summed E-state index contributed by atoms with van der Waals surface area (Å²) in [6.07, 6.45) is 0.101. The molecule has 0 spiro atoms. The molecule has 0 saturated heterocycles. The monoisotopic (exact) mass is 440 g/mol. The largest absolute Gasteiger partial charge is 0.485 e. The van der Waals surface area contributed by atoms with Gasteiger partial charge in [-0.25, -0.2) is 8.42 Å². The number of ether oxygens (including phenoxy) is 1. The van der Waals surface area contributed by atoms with Crippen molar-refractivity contribution in [2.45, 2.75) is 44.9 Å². The molecule has 8 heteroatoms. The van der Waals surface area contributed by atoms with E-state index in [-0.39, 0.29) is 24.2 Å². The molecular weight excluding hydrogens is 412 g/mol. The van der Waals surface area contributed by atoms with Gasteiger partial charge < -0.3 is 15.2 Å². The average Bonchev–Trinajstić information content (AvgIpc) is 2.65. The zero-order valence-electron chi connectivity index (χ0n) is 16.9. The molecule has 2 aromatic carbocycles. The van der Waals surface area contributed by atoms with E-state index in [1.807, 2.05) is 38.1 Å². The predicted octanol–water partition coefficient (Wildman–Crippen LogP) is 3.28. The van der Waals surface area contributed by atoms with E-state index in [0.717, 1.165) is 12.0 Å². The van der Waals surface area contributed by atoms with Crippen molar-refractivity contribution in [3.8, 4) is 5.75 Å². The van der Waals surface area contributed by atoms with E-state index in [1.54, 1.807) is 19.1 Å². The fourth-order valence-electron chi connectivity index (χ4n) is 3.35. The highest BCUT2D eigenvalue weighted by molar-refractivity contribution is 7.92. The quantitative estimate of drug-likeness (QED) is 0.615. The third-order valence-corrected chi connectivity index (χ3v) is 6.33. The van der Waals surface area contributed by atoms with Crippen LogP contribution in [0, 0.1) is 0 Å². The minimum Gasteiger partial charge on any atom is -0.485 e. The molecule has 0 radical (unpaired) electrons. The van der Waals surface area contributed by atoms with Crippen LogP contribution in [-0.2, 0) is 16.4 Å². The third-order valence-electron chi connectivity index (χ3n) is 5.02. The van der Waals surface area contributed by atoms with Gasteiger partial charge in [0, 0.05) is 11.6 Å². The Kier molecular flexibility index (Phi) is 7.56. The molecule has 3 rings (SSSR count). The van der Waals surface area contributed by atoms with Crippen LogP contribution in [0.4, 0.5) is 5.69 Å². The van der Waals surface area contributed by atoms with Crippen LogP contribution in [0.3, 0.4) is 0 Å². The number of aliphatic hydroxyl groups is 1. The smallest absolute Gasteiger partial charge is 0.232 e. The Morgan fingerprint density at radius 1 is 1.14 bits per heavy atom. The number of halogens is 1. The predicted molar refractivity (Wildman–Crippen MR) is 118 cm³/mol. The molecule has 6 nitrogen and oxygen atoms in total. The molecule has 1 heterocycles. The Balaban J connectivity index is 0.00000300. The molecule has 1 aliphatic rings. The summed E-state index contributed by atoms with van der Waals surface area (Å²) in [6, 6.07) is 15.0. The molecular formula is C21H29ClN2O4S. The second kappa shape index (κ2) is 9.34. The third kappa shape index (κ3) is 5.63. The van der Waals surface area contributed by atoms with Crippen molar-refractivity contribution < 1.29 is 18.3 Å². The molecule has 0 bridgehead atoms. The number of nitrogens with one attached hydrogen (secondary N) is 2. The van der Waals surface area contributed by atoms with Gasteiger partial charge in [-0.3, -0.25) is 4.72 Å². The Labute approximate surface area is 179 Å². The van der Waals surface area contributed by atoms with Crippen LogP contribution < -0.4 is 14.8 Å². The van der Waals surface area contributed by atoms with Gasteiger partial charge in [0.25, 0.3) is 0 Å². The number of hydrogen-bond donors (Lipinski definition) is 3. The fraction of sp³-hybridized carbons (Fsp3) is 0.429. The Morgan fingerprint density at radius 2 is 1.83 bits per heavy atom. The Hall–Kier alpha value is -1.80. The van der Waals surface area contributed by atoms with E-state index in [9.17, 15) is 13.5 Å². The first-order chi connectivity index (χ1) is 13.2. The highest BCUT2D eigenvalue weighted by Gasteiger charge is 2.42. The normalized spacial score (nSPS) is 20.1. The number of hydrogen-bond acceptors (Lipinski definition) is 5. The van der Waals surface area contributed by atoms with Gasteiger partial charge in [-0.2, -0.15) is 0 Å². The standard InChI is InChI=1S/C21H28N2O4S.ClH/c1-4-28(25,26)23-16-10-11-17-18(14-16)27-21(2,3)20(24)19(17)22-13-12-15-8-6-5-7-9-15;/h5-11,14,19-20,22-24H,4,12-13H2,1-3H3;1H/t19-,20+;/m0./s1. The summed E-state index contributed by atoms with van der Waals surface area (Å²) in [5.74, 6) is 0.572. The first-order valence-electron chi connectivity index (χ1n) is 9.50. The first-order valence-corrected chi connectivity index (χ1v) is 11.2. The Bertz CT molecular complexity index is 920. The SMILES string of the molecule is CCS(=O)(=O)Nc1ccc2c(c1)OC(C)(C)[C@H](O)[C@H]2NCCc1ccccc1.Cl. The molecule has 0 aromatic heterocycles. The van der Waals surface area contributed by atoms with Crippen molar-refractivity contribution in [2.75, 3.05) is 17.0 Å². The maximum Gasteiger partial charge on any atom is 0.232 e. The van der Waals surface area contributed by atoms with Crippen molar-refractivity contribution >= 4 is 28.1 Å². The number of anilines is 1.